The van der Waals surface area contributed by atoms with E-state index in [1.54, 1.807) is 11.3 Å². The molecule has 0 spiro atoms. The molecule has 2 aliphatic rings. The molecule has 2 heterocycles. The van der Waals surface area contributed by atoms with Crippen LogP contribution in [0.1, 0.15) is 19.3 Å². The number of nitrogens with zero attached hydrogens (tertiary/aromatic N) is 1. The monoisotopic (exact) mass is 236 g/mol. The predicted octanol–water partition coefficient (Wildman–Crippen LogP) is 1.45. The molecule has 4 nitrogen and oxygen atoms in total. The Morgan fingerprint density at radius 2 is 2.19 bits per heavy atom. The highest BCUT2D eigenvalue weighted by molar-refractivity contribution is 7.08. The Morgan fingerprint density at radius 3 is 2.81 bits per heavy atom. The number of hydrogen-bond donors (Lipinski definition) is 1. The van der Waals surface area contributed by atoms with Crippen molar-refractivity contribution < 1.29 is 9.59 Å². The molecule has 84 valence electrons. The van der Waals surface area contributed by atoms with Crippen LogP contribution in [-0.2, 0) is 9.59 Å². The molecule has 0 aromatic carbocycles. The number of hydrogen-bond acceptors (Lipinski definition) is 4. The molecule has 16 heavy (non-hydrogen) atoms. The first-order chi connectivity index (χ1) is 7.75. The predicted molar refractivity (Wildman–Crippen MR) is 61.2 cm³/mol. The Balaban J connectivity index is 1.73. The number of amides is 2. The summed E-state index contributed by atoms with van der Waals surface area (Å²) in [5, 5.41) is 7.00. The number of carbonyl (C=O) groups excluding carboxylic acids is 2. The number of anilines is 1. The van der Waals surface area contributed by atoms with Crippen molar-refractivity contribution in [3.8, 4) is 0 Å². The van der Waals surface area contributed by atoms with Crippen LogP contribution in [0.3, 0.4) is 0 Å². The fourth-order valence-electron chi connectivity index (χ4n) is 2.03. The maximum Gasteiger partial charge on any atom is 0.252 e. The molecule has 1 atom stereocenters. The van der Waals surface area contributed by atoms with Gasteiger partial charge in [-0.15, -0.1) is 0 Å². The second kappa shape index (κ2) is 3.59. The van der Waals surface area contributed by atoms with Crippen molar-refractivity contribution in [2.75, 3.05) is 5.32 Å². The minimum absolute atomic E-state index is 0.0276. The van der Waals surface area contributed by atoms with E-state index in [-0.39, 0.29) is 23.9 Å². The zero-order valence-corrected chi connectivity index (χ0v) is 9.50. The van der Waals surface area contributed by atoms with Crippen LogP contribution in [-0.4, -0.2) is 28.8 Å². The first kappa shape index (κ1) is 9.84. The van der Waals surface area contributed by atoms with Crippen molar-refractivity contribution in [3.63, 3.8) is 0 Å². The molecule has 1 saturated heterocycles. The normalized spacial score (nSPS) is 25.2. The van der Waals surface area contributed by atoms with Crippen molar-refractivity contribution in [1.82, 2.24) is 4.90 Å². The average molecular weight is 236 g/mol. The van der Waals surface area contributed by atoms with Gasteiger partial charge < -0.3 is 5.32 Å². The molecule has 1 N–H and O–H groups in total. The van der Waals surface area contributed by atoms with Gasteiger partial charge in [-0.3, -0.25) is 14.5 Å². The lowest BCUT2D eigenvalue weighted by Crippen LogP contribution is -2.36. The third-order valence-electron chi connectivity index (χ3n) is 2.96. The van der Waals surface area contributed by atoms with Crippen LogP contribution in [0.4, 0.5) is 5.69 Å². The van der Waals surface area contributed by atoms with Crippen molar-refractivity contribution in [1.29, 1.82) is 0 Å². The lowest BCUT2D eigenvalue weighted by molar-refractivity contribution is -0.139. The van der Waals surface area contributed by atoms with E-state index in [0.717, 1.165) is 18.5 Å². The van der Waals surface area contributed by atoms with Crippen molar-refractivity contribution >= 4 is 28.8 Å². The molecule has 1 aliphatic heterocycles. The number of likely N-dealkylation sites (tertiary alicyclic amines) is 1. The van der Waals surface area contributed by atoms with E-state index in [9.17, 15) is 9.59 Å². The topological polar surface area (TPSA) is 49.4 Å². The number of nitrogens with one attached hydrogen (secondary N) is 1. The summed E-state index contributed by atoms with van der Waals surface area (Å²) in [5.74, 6) is -0.0843. The Labute approximate surface area is 97.2 Å². The Bertz CT molecular complexity index is 425. The highest BCUT2D eigenvalue weighted by Crippen LogP contribution is 2.32. The number of thiophene rings is 1. The molecular weight excluding hydrogens is 224 g/mol. The van der Waals surface area contributed by atoms with Gasteiger partial charge in [0.25, 0.3) is 5.91 Å². The maximum atomic E-state index is 12.0. The smallest absolute Gasteiger partial charge is 0.252 e. The molecular formula is C11H12N2O2S. The van der Waals surface area contributed by atoms with Gasteiger partial charge in [0.05, 0.1) is 6.42 Å². The molecule has 1 aromatic rings. The van der Waals surface area contributed by atoms with Crippen LogP contribution in [0.15, 0.2) is 16.8 Å². The van der Waals surface area contributed by atoms with Crippen molar-refractivity contribution in [3.05, 3.63) is 16.8 Å². The fraction of sp³-hybridized carbons (Fsp3) is 0.455. The van der Waals surface area contributed by atoms with E-state index in [0.29, 0.717) is 6.42 Å². The quantitative estimate of drug-likeness (QED) is 0.808. The van der Waals surface area contributed by atoms with Gasteiger partial charge in [0.1, 0.15) is 6.04 Å². The summed E-state index contributed by atoms with van der Waals surface area (Å²) >= 11 is 1.57. The SMILES string of the molecule is O=C1CC(Nc2ccsc2)C(=O)N1C1CC1. The van der Waals surface area contributed by atoms with Gasteiger partial charge in [-0.05, 0) is 24.3 Å². The maximum absolute atomic E-state index is 12.0. The van der Waals surface area contributed by atoms with Gasteiger partial charge in [0.2, 0.25) is 5.91 Å². The third kappa shape index (κ3) is 1.61. The van der Waals surface area contributed by atoms with Crippen molar-refractivity contribution in [2.45, 2.75) is 31.3 Å². The minimum atomic E-state index is -0.359. The van der Waals surface area contributed by atoms with Crippen LogP contribution in [0.5, 0.6) is 0 Å². The Kier molecular flexibility index (Phi) is 2.21. The van der Waals surface area contributed by atoms with Crippen LogP contribution >= 0.6 is 11.3 Å². The zero-order valence-electron chi connectivity index (χ0n) is 8.68. The molecule has 2 fully saturated rings. The molecule has 1 unspecified atom stereocenters. The zero-order chi connectivity index (χ0) is 11.1. The molecule has 1 aromatic heterocycles. The summed E-state index contributed by atoms with van der Waals surface area (Å²) in [6.45, 7) is 0. The molecule has 5 heteroatoms. The van der Waals surface area contributed by atoms with E-state index >= 15 is 0 Å². The second-order valence-corrected chi connectivity index (χ2v) is 5.03. The molecule has 0 bridgehead atoms. The Morgan fingerprint density at radius 1 is 1.38 bits per heavy atom. The first-order valence-corrected chi connectivity index (χ1v) is 6.34. The van der Waals surface area contributed by atoms with Gasteiger partial charge in [-0.2, -0.15) is 11.3 Å². The van der Waals surface area contributed by atoms with Gasteiger partial charge >= 0.3 is 0 Å². The van der Waals surface area contributed by atoms with Gasteiger partial charge in [-0.1, -0.05) is 0 Å². The first-order valence-electron chi connectivity index (χ1n) is 5.40. The average Bonchev–Trinajstić information content (AvgIpc) is 2.86. The minimum Gasteiger partial charge on any atom is -0.373 e. The van der Waals surface area contributed by atoms with Crippen molar-refractivity contribution in [2.24, 2.45) is 0 Å². The Hall–Kier alpha value is -1.36. The molecule has 2 amide bonds. The largest absolute Gasteiger partial charge is 0.373 e. The van der Waals surface area contributed by atoms with Crippen LogP contribution in [0.25, 0.3) is 0 Å². The van der Waals surface area contributed by atoms with E-state index in [2.05, 4.69) is 5.32 Å². The highest BCUT2D eigenvalue weighted by Gasteiger charge is 2.46. The molecule has 3 rings (SSSR count). The second-order valence-electron chi connectivity index (χ2n) is 4.25. The van der Waals surface area contributed by atoms with Gasteiger partial charge in [-0.25, -0.2) is 0 Å². The van der Waals surface area contributed by atoms with E-state index in [1.165, 1.54) is 4.90 Å². The molecule has 1 saturated carbocycles. The lowest BCUT2D eigenvalue weighted by Gasteiger charge is -2.14. The fourth-order valence-corrected chi connectivity index (χ4v) is 2.62. The van der Waals surface area contributed by atoms with Gasteiger partial charge in [0, 0.05) is 17.1 Å². The summed E-state index contributed by atoms with van der Waals surface area (Å²) in [5.41, 5.74) is 0.925. The number of imide groups is 1. The van der Waals surface area contributed by atoms with E-state index < -0.39 is 0 Å². The number of carbonyl (C=O) groups is 2. The number of rotatable bonds is 3. The lowest BCUT2D eigenvalue weighted by atomic mass is 10.2. The molecule has 0 radical (unpaired) electrons. The summed E-state index contributed by atoms with van der Waals surface area (Å²) in [7, 11) is 0. The van der Waals surface area contributed by atoms with Crippen LogP contribution in [0.2, 0.25) is 0 Å². The highest BCUT2D eigenvalue weighted by atomic mass is 32.1. The summed E-state index contributed by atoms with van der Waals surface area (Å²) < 4.78 is 0. The van der Waals surface area contributed by atoms with E-state index in [1.807, 2.05) is 16.8 Å². The summed E-state index contributed by atoms with van der Waals surface area (Å²) in [6.07, 6.45) is 2.25. The van der Waals surface area contributed by atoms with Gasteiger partial charge in [0.15, 0.2) is 0 Å². The van der Waals surface area contributed by atoms with E-state index in [4.69, 9.17) is 0 Å². The standard InChI is InChI=1S/C11H12N2O2S/c14-10-5-9(12-7-3-4-16-6-7)11(15)13(10)8-1-2-8/h3-4,6,8-9,12H,1-2,5H2. The van der Waals surface area contributed by atoms with Crippen LogP contribution in [0, 0.1) is 0 Å². The third-order valence-corrected chi connectivity index (χ3v) is 3.64. The summed E-state index contributed by atoms with van der Waals surface area (Å²) in [4.78, 5) is 25.1. The molecule has 1 aliphatic carbocycles. The summed E-state index contributed by atoms with van der Waals surface area (Å²) in [6, 6.07) is 1.75. The van der Waals surface area contributed by atoms with Crippen LogP contribution < -0.4 is 5.32 Å².